The van der Waals surface area contributed by atoms with E-state index in [2.05, 4.69) is 15.5 Å². The van der Waals surface area contributed by atoms with Crippen molar-refractivity contribution in [2.75, 3.05) is 26.7 Å². The summed E-state index contributed by atoms with van der Waals surface area (Å²) in [6.07, 6.45) is 4.72. The molecule has 4 heteroatoms. The molecule has 0 aromatic rings. The van der Waals surface area contributed by atoms with Gasteiger partial charge in [-0.1, -0.05) is 0 Å². The topological polar surface area (TPSA) is 44.4 Å². The van der Waals surface area contributed by atoms with Crippen LogP contribution >= 0.6 is 0 Å². The van der Waals surface area contributed by atoms with E-state index in [1.165, 1.54) is 12.8 Å². The Morgan fingerprint density at radius 2 is 2.33 bits per heavy atom. The molecule has 15 heavy (non-hydrogen) atoms. The molecule has 1 unspecified atom stereocenters. The summed E-state index contributed by atoms with van der Waals surface area (Å²) in [5, 5.41) is 6.25. The zero-order valence-corrected chi connectivity index (χ0v) is 9.46. The SMILES string of the molecule is CNC(=O)C1CCCN1C[C@H]1CCCN1. The number of amides is 1. The maximum Gasteiger partial charge on any atom is 0.237 e. The van der Waals surface area contributed by atoms with Crippen molar-refractivity contribution in [1.82, 2.24) is 15.5 Å². The van der Waals surface area contributed by atoms with Crippen LogP contribution in [0.4, 0.5) is 0 Å². The van der Waals surface area contributed by atoms with Crippen LogP contribution in [0, 0.1) is 0 Å². The van der Waals surface area contributed by atoms with E-state index in [0.717, 1.165) is 32.5 Å². The summed E-state index contributed by atoms with van der Waals surface area (Å²) < 4.78 is 0. The fraction of sp³-hybridized carbons (Fsp3) is 0.909. The van der Waals surface area contributed by atoms with Crippen LogP contribution in [-0.2, 0) is 4.79 Å². The van der Waals surface area contributed by atoms with Gasteiger partial charge in [0, 0.05) is 19.6 Å². The highest BCUT2D eigenvalue weighted by Crippen LogP contribution is 2.19. The maximum absolute atomic E-state index is 11.6. The van der Waals surface area contributed by atoms with Crippen LogP contribution < -0.4 is 10.6 Å². The van der Waals surface area contributed by atoms with Crippen molar-refractivity contribution >= 4 is 5.91 Å². The van der Waals surface area contributed by atoms with Crippen LogP contribution in [0.2, 0.25) is 0 Å². The van der Waals surface area contributed by atoms with Crippen molar-refractivity contribution in [2.45, 2.75) is 37.8 Å². The Labute approximate surface area is 91.4 Å². The van der Waals surface area contributed by atoms with Crippen LogP contribution in [0.3, 0.4) is 0 Å². The predicted molar refractivity (Wildman–Crippen MR) is 59.7 cm³/mol. The number of hydrogen-bond donors (Lipinski definition) is 2. The van der Waals surface area contributed by atoms with Crippen molar-refractivity contribution < 1.29 is 4.79 Å². The minimum atomic E-state index is 0.123. The normalized spacial score (nSPS) is 32.1. The summed E-state index contributed by atoms with van der Waals surface area (Å²) in [4.78, 5) is 14.0. The highest BCUT2D eigenvalue weighted by molar-refractivity contribution is 5.81. The summed E-state index contributed by atoms with van der Waals surface area (Å²) in [6.45, 7) is 3.26. The zero-order chi connectivity index (χ0) is 10.7. The van der Waals surface area contributed by atoms with Crippen LogP contribution in [0.15, 0.2) is 0 Å². The molecule has 0 saturated carbocycles. The highest BCUT2D eigenvalue weighted by atomic mass is 16.2. The van der Waals surface area contributed by atoms with Crippen LogP contribution in [0.1, 0.15) is 25.7 Å². The number of carbonyl (C=O) groups excluding carboxylic acids is 1. The molecule has 0 aromatic carbocycles. The Bertz CT molecular complexity index is 226. The molecule has 2 N–H and O–H groups in total. The summed E-state index contributed by atoms with van der Waals surface area (Å²) in [5.74, 6) is 0.186. The van der Waals surface area contributed by atoms with E-state index in [0.29, 0.717) is 6.04 Å². The van der Waals surface area contributed by atoms with Crippen LogP contribution in [0.25, 0.3) is 0 Å². The van der Waals surface area contributed by atoms with Crippen molar-refractivity contribution in [1.29, 1.82) is 0 Å². The van der Waals surface area contributed by atoms with Gasteiger partial charge in [0.15, 0.2) is 0 Å². The second-order valence-electron chi connectivity index (χ2n) is 4.56. The number of hydrogen-bond acceptors (Lipinski definition) is 3. The average Bonchev–Trinajstić information content (AvgIpc) is 2.88. The van der Waals surface area contributed by atoms with Crippen molar-refractivity contribution in [2.24, 2.45) is 0 Å². The number of likely N-dealkylation sites (N-methyl/N-ethyl adjacent to an activating group) is 1. The first-order valence-corrected chi connectivity index (χ1v) is 6.00. The molecule has 0 aromatic heterocycles. The van der Waals surface area contributed by atoms with Crippen LogP contribution in [-0.4, -0.2) is 49.6 Å². The van der Waals surface area contributed by atoms with E-state index in [1.54, 1.807) is 7.05 Å². The zero-order valence-electron chi connectivity index (χ0n) is 9.46. The summed E-state index contributed by atoms with van der Waals surface area (Å²) in [5.41, 5.74) is 0. The lowest BCUT2D eigenvalue weighted by Gasteiger charge is -2.25. The number of likely N-dealkylation sites (tertiary alicyclic amines) is 1. The van der Waals surface area contributed by atoms with E-state index in [4.69, 9.17) is 0 Å². The van der Waals surface area contributed by atoms with Crippen LogP contribution in [0.5, 0.6) is 0 Å². The van der Waals surface area contributed by atoms with Gasteiger partial charge in [-0.2, -0.15) is 0 Å². The molecule has 2 fully saturated rings. The van der Waals surface area contributed by atoms with E-state index in [9.17, 15) is 4.79 Å². The van der Waals surface area contributed by atoms with E-state index >= 15 is 0 Å². The standard InChI is InChI=1S/C11H21N3O/c1-12-11(15)10-5-3-7-14(10)8-9-4-2-6-13-9/h9-10,13H,2-8H2,1H3,(H,12,15)/t9-,10?/m1/s1. The third-order valence-corrected chi connectivity index (χ3v) is 3.53. The van der Waals surface area contributed by atoms with Gasteiger partial charge in [0.2, 0.25) is 5.91 Å². The monoisotopic (exact) mass is 211 g/mol. The van der Waals surface area contributed by atoms with Gasteiger partial charge < -0.3 is 10.6 Å². The third kappa shape index (κ3) is 2.49. The quantitative estimate of drug-likeness (QED) is 0.688. The highest BCUT2D eigenvalue weighted by Gasteiger charge is 2.31. The Balaban J connectivity index is 1.86. The molecule has 2 rings (SSSR count). The molecule has 86 valence electrons. The molecule has 2 aliphatic heterocycles. The molecular formula is C11H21N3O. The first-order valence-electron chi connectivity index (χ1n) is 6.00. The van der Waals surface area contributed by atoms with Crippen molar-refractivity contribution in [3.63, 3.8) is 0 Å². The second-order valence-corrected chi connectivity index (χ2v) is 4.56. The maximum atomic E-state index is 11.6. The van der Waals surface area contributed by atoms with Crippen molar-refractivity contribution in [3.05, 3.63) is 0 Å². The first-order chi connectivity index (χ1) is 7.31. The third-order valence-electron chi connectivity index (χ3n) is 3.53. The van der Waals surface area contributed by atoms with Gasteiger partial charge >= 0.3 is 0 Å². The lowest BCUT2D eigenvalue weighted by Crippen LogP contribution is -2.46. The first kappa shape index (κ1) is 10.9. The minimum absolute atomic E-state index is 0.123. The molecule has 0 radical (unpaired) electrons. The summed E-state index contributed by atoms with van der Waals surface area (Å²) in [7, 11) is 1.73. The van der Waals surface area contributed by atoms with Gasteiger partial charge in [0.25, 0.3) is 0 Å². The van der Waals surface area contributed by atoms with Gasteiger partial charge in [-0.05, 0) is 38.8 Å². The second kappa shape index (κ2) is 4.94. The Morgan fingerprint density at radius 3 is 3.00 bits per heavy atom. The fourth-order valence-electron chi connectivity index (χ4n) is 2.70. The molecule has 0 aliphatic carbocycles. The van der Waals surface area contributed by atoms with Gasteiger partial charge in [0.1, 0.15) is 0 Å². The smallest absolute Gasteiger partial charge is 0.237 e. The van der Waals surface area contributed by atoms with E-state index in [1.807, 2.05) is 0 Å². The number of rotatable bonds is 3. The molecule has 4 nitrogen and oxygen atoms in total. The molecule has 2 saturated heterocycles. The molecule has 2 aliphatic rings. The lowest BCUT2D eigenvalue weighted by molar-refractivity contribution is -0.125. The Morgan fingerprint density at radius 1 is 1.47 bits per heavy atom. The predicted octanol–water partition coefficient (Wildman–Crippen LogP) is -0.0512. The van der Waals surface area contributed by atoms with E-state index < -0.39 is 0 Å². The molecule has 0 bridgehead atoms. The van der Waals surface area contributed by atoms with Crippen molar-refractivity contribution in [3.8, 4) is 0 Å². The average molecular weight is 211 g/mol. The van der Waals surface area contributed by atoms with Gasteiger partial charge in [0.05, 0.1) is 6.04 Å². The number of nitrogens with zero attached hydrogens (tertiary/aromatic N) is 1. The Hall–Kier alpha value is -0.610. The minimum Gasteiger partial charge on any atom is -0.358 e. The van der Waals surface area contributed by atoms with Gasteiger partial charge in [-0.3, -0.25) is 9.69 Å². The number of nitrogens with one attached hydrogen (secondary N) is 2. The molecule has 2 heterocycles. The summed E-state index contributed by atoms with van der Waals surface area (Å²) in [6, 6.07) is 0.729. The lowest BCUT2D eigenvalue weighted by atomic mass is 10.1. The molecule has 0 spiro atoms. The Kier molecular flexibility index (Phi) is 3.59. The van der Waals surface area contributed by atoms with E-state index in [-0.39, 0.29) is 11.9 Å². The van der Waals surface area contributed by atoms with Gasteiger partial charge in [-0.25, -0.2) is 0 Å². The van der Waals surface area contributed by atoms with Gasteiger partial charge in [-0.15, -0.1) is 0 Å². The molecule has 1 amide bonds. The summed E-state index contributed by atoms with van der Waals surface area (Å²) >= 11 is 0. The largest absolute Gasteiger partial charge is 0.358 e. The molecular weight excluding hydrogens is 190 g/mol. The fourth-order valence-corrected chi connectivity index (χ4v) is 2.70. The molecule has 2 atom stereocenters. The number of carbonyl (C=O) groups is 1.